The van der Waals surface area contributed by atoms with Crippen molar-refractivity contribution >= 4 is 11.6 Å². The first kappa shape index (κ1) is 17.2. The van der Waals surface area contributed by atoms with Crippen LogP contribution in [-0.2, 0) is 11.2 Å². The smallest absolute Gasteiger partial charge is 0.115 e. The van der Waals surface area contributed by atoms with Crippen LogP contribution in [0.4, 0.5) is 0 Å². The van der Waals surface area contributed by atoms with E-state index in [-0.39, 0.29) is 18.5 Å². The lowest BCUT2D eigenvalue weighted by Crippen LogP contribution is -2.38. The molecule has 3 atom stereocenters. The summed E-state index contributed by atoms with van der Waals surface area (Å²) in [6.07, 6.45) is 0.659. The van der Waals surface area contributed by atoms with Gasteiger partial charge in [-0.15, -0.1) is 0 Å². The second kappa shape index (κ2) is 7.53. The van der Waals surface area contributed by atoms with Crippen LogP contribution in [0.3, 0.4) is 0 Å². The molecule has 0 radical (unpaired) electrons. The highest BCUT2D eigenvalue weighted by molar-refractivity contribution is 6.31. The van der Waals surface area contributed by atoms with Crippen LogP contribution in [0.2, 0.25) is 5.02 Å². The van der Waals surface area contributed by atoms with Crippen molar-refractivity contribution in [1.29, 1.82) is 0 Å². The Labute approximate surface area is 146 Å². The van der Waals surface area contributed by atoms with E-state index in [0.29, 0.717) is 24.3 Å². The fraction of sp³-hybridized carbons (Fsp3) is 0.368. The standard InChI is InChI=1S/C19H21ClO4/c20-16-6-3-13(18-8-7-17(23)19(11-21)24-18)10-14(16)9-12-1-4-15(22)5-2-12/h1-6,10,17-19,21-23H,7-9,11H2. The van der Waals surface area contributed by atoms with Gasteiger partial charge in [0.1, 0.15) is 11.9 Å². The minimum absolute atomic E-state index is 0.151. The average molecular weight is 349 g/mol. The van der Waals surface area contributed by atoms with Crippen LogP contribution in [0.5, 0.6) is 5.75 Å². The zero-order valence-corrected chi connectivity index (χ0v) is 14.0. The van der Waals surface area contributed by atoms with Crippen molar-refractivity contribution in [1.82, 2.24) is 0 Å². The molecule has 4 nitrogen and oxygen atoms in total. The molecule has 1 aliphatic rings. The van der Waals surface area contributed by atoms with Crippen LogP contribution in [0, 0.1) is 0 Å². The highest BCUT2D eigenvalue weighted by atomic mass is 35.5. The van der Waals surface area contributed by atoms with Crippen LogP contribution in [0.25, 0.3) is 0 Å². The number of aromatic hydroxyl groups is 1. The van der Waals surface area contributed by atoms with E-state index in [1.165, 1.54) is 0 Å². The summed E-state index contributed by atoms with van der Waals surface area (Å²) in [6.45, 7) is -0.189. The van der Waals surface area contributed by atoms with E-state index in [1.54, 1.807) is 12.1 Å². The highest BCUT2D eigenvalue weighted by Crippen LogP contribution is 2.33. The molecule has 3 unspecified atom stereocenters. The van der Waals surface area contributed by atoms with Crippen LogP contribution < -0.4 is 0 Å². The lowest BCUT2D eigenvalue weighted by atomic mass is 9.94. The maximum Gasteiger partial charge on any atom is 0.115 e. The number of ether oxygens (including phenoxy) is 1. The number of hydrogen-bond acceptors (Lipinski definition) is 4. The van der Waals surface area contributed by atoms with Crippen LogP contribution in [0.15, 0.2) is 42.5 Å². The van der Waals surface area contributed by atoms with Gasteiger partial charge in [-0.1, -0.05) is 35.9 Å². The molecule has 0 amide bonds. The Kier molecular flexibility index (Phi) is 5.41. The van der Waals surface area contributed by atoms with E-state index in [1.807, 2.05) is 30.3 Å². The molecule has 0 spiro atoms. The molecule has 0 saturated carbocycles. The van der Waals surface area contributed by atoms with Gasteiger partial charge in [-0.05, 0) is 54.2 Å². The SMILES string of the molecule is OCC1OC(c2ccc(Cl)c(Cc3ccc(O)cc3)c2)CCC1O. The molecular weight excluding hydrogens is 328 g/mol. The Bertz CT molecular complexity index is 686. The summed E-state index contributed by atoms with van der Waals surface area (Å²) in [5, 5.41) is 29.2. The second-order valence-corrected chi connectivity index (χ2v) is 6.59. The average Bonchev–Trinajstić information content (AvgIpc) is 2.59. The van der Waals surface area contributed by atoms with Crippen molar-refractivity contribution < 1.29 is 20.1 Å². The number of phenols is 1. The molecule has 3 N–H and O–H groups in total. The Morgan fingerprint density at radius 2 is 1.83 bits per heavy atom. The quantitative estimate of drug-likeness (QED) is 0.793. The Balaban J connectivity index is 1.79. The van der Waals surface area contributed by atoms with Gasteiger partial charge in [0.15, 0.2) is 0 Å². The van der Waals surface area contributed by atoms with Crippen molar-refractivity contribution in [2.45, 2.75) is 37.6 Å². The summed E-state index contributed by atoms with van der Waals surface area (Å²) in [7, 11) is 0. The molecule has 2 aromatic carbocycles. The first-order chi connectivity index (χ1) is 11.6. The third-order valence-electron chi connectivity index (χ3n) is 4.45. The number of rotatable bonds is 4. The molecule has 1 saturated heterocycles. The number of aliphatic hydroxyl groups excluding tert-OH is 2. The van der Waals surface area contributed by atoms with Gasteiger partial charge in [0, 0.05) is 5.02 Å². The summed E-state index contributed by atoms with van der Waals surface area (Å²) in [5.41, 5.74) is 3.04. The van der Waals surface area contributed by atoms with Gasteiger partial charge >= 0.3 is 0 Å². The van der Waals surface area contributed by atoms with E-state index in [4.69, 9.17) is 16.3 Å². The lowest BCUT2D eigenvalue weighted by Gasteiger charge is -2.33. The molecule has 24 heavy (non-hydrogen) atoms. The minimum Gasteiger partial charge on any atom is -0.508 e. The summed E-state index contributed by atoms with van der Waals surface area (Å²) in [6, 6.07) is 12.9. The van der Waals surface area contributed by atoms with Gasteiger partial charge in [-0.2, -0.15) is 0 Å². The van der Waals surface area contributed by atoms with Crippen molar-refractivity contribution in [2.75, 3.05) is 6.61 Å². The number of aliphatic hydroxyl groups is 2. The van der Waals surface area contributed by atoms with E-state index >= 15 is 0 Å². The van der Waals surface area contributed by atoms with Gasteiger partial charge in [-0.25, -0.2) is 0 Å². The van der Waals surface area contributed by atoms with Gasteiger partial charge in [-0.3, -0.25) is 0 Å². The molecule has 1 aliphatic heterocycles. The summed E-state index contributed by atoms with van der Waals surface area (Å²) in [5.74, 6) is 0.239. The van der Waals surface area contributed by atoms with Crippen LogP contribution >= 0.6 is 11.6 Å². The molecule has 0 aliphatic carbocycles. The molecule has 1 heterocycles. The zero-order valence-electron chi connectivity index (χ0n) is 13.2. The summed E-state index contributed by atoms with van der Waals surface area (Å²) >= 11 is 6.33. The van der Waals surface area contributed by atoms with Gasteiger partial charge < -0.3 is 20.1 Å². The van der Waals surface area contributed by atoms with E-state index in [2.05, 4.69) is 0 Å². The van der Waals surface area contributed by atoms with Crippen molar-refractivity contribution in [2.24, 2.45) is 0 Å². The van der Waals surface area contributed by atoms with Crippen molar-refractivity contribution in [3.8, 4) is 5.75 Å². The molecule has 3 rings (SSSR count). The minimum atomic E-state index is -0.616. The number of phenolic OH excluding ortho intramolecular Hbond substituents is 1. The third kappa shape index (κ3) is 3.90. The van der Waals surface area contributed by atoms with Crippen LogP contribution in [-0.4, -0.2) is 34.1 Å². The van der Waals surface area contributed by atoms with Gasteiger partial charge in [0.05, 0.1) is 18.8 Å². The first-order valence-corrected chi connectivity index (χ1v) is 8.45. The normalized spacial score (nSPS) is 24.0. The van der Waals surface area contributed by atoms with E-state index < -0.39 is 12.2 Å². The van der Waals surface area contributed by atoms with Gasteiger partial charge in [0.2, 0.25) is 0 Å². The second-order valence-electron chi connectivity index (χ2n) is 6.18. The molecule has 5 heteroatoms. The van der Waals surface area contributed by atoms with Gasteiger partial charge in [0.25, 0.3) is 0 Å². The highest BCUT2D eigenvalue weighted by Gasteiger charge is 2.30. The molecule has 1 fully saturated rings. The molecule has 2 aromatic rings. The number of benzene rings is 2. The van der Waals surface area contributed by atoms with E-state index in [9.17, 15) is 15.3 Å². The fourth-order valence-corrected chi connectivity index (χ4v) is 3.24. The number of halogens is 1. The lowest BCUT2D eigenvalue weighted by molar-refractivity contribution is -0.135. The topological polar surface area (TPSA) is 69.9 Å². The maximum absolute atomic E-state index is 9.82. The Morgan fingerprint density at radius 3 is 2.54 bits per heavy atom. The predicted octanol–water partition coefficient (Wildman–Crippen LogP) is 3.21. The number of hydrogen-bond donors (Lipinski definition) is 3. The van der Waals surface area contributed by atoms with Crippen molar-refractivity contribution in [3.05, 3.63) is 64.2 Å². The monoisotopic (exact) mass is 348 g/mol. The summed E-state index contributed by atoms with van der Waals surface area (Å²) in [4.78, 5) is 0. The maximum atomic E-state index is 9.82. The van der Waals surface area contributed by atoms with Crippen LogP contribution in [0.1, 0.15) is 35.6 Å². The van der Waals surface area contributed by atoms with Crippen molar-refractivity contribution in [3.63, 3.8) is 0 Å². The molecule has 128 valence electrons. The van der Waals surface area contributed by atoms with E-state index in [0.717, 1.165) is 16.7 Å². The first-order valence-electron chi connectivity index (χ1n) is 8.07. The fourth-order valence-electron chi connectivity index (χ4n) is 3.05. The summed E-state index contributed by atoms with van der Waals surface area (Å²) < 4.78 is 5.82. The molecular formula is C19H21ClO4. The molecule has 0 bridgehead atoms. The molecule has 0 aromatic heterocycles. The Morgan fingerprint density at radius 1 is 1.08 bits per heavy atom. The Hall–Kier alpha value is -1.59. The predicted molar refractivity (Wildman–Crippen MR) is 92.3 cm³/mol. The largest absolute Gasteiger partial charge is 0.508 e. The third-order valence-corrected chi connectivity index (χ3v) is 4.81. The zero-order chi connectivity index (χ0) is 17.1.